The Labute approximate surface area is 165 Å². The zero-order valence-electron chi connectivity index (χ0n) is 16.6. The standard InChI is InChI=1S/C18H27N3O6S/c1-12-8-19(9-13(2)26-12)17-6-5-16(21(22)23)7-18(17)28(24,25)20-10-14(3)27-15(4)11-20/h5-7,12-15H,8-11H2,1-4H3/t12-,13-,14-,15+/m1/s1. The van der Waals surface area contributed by atoms with Crippen LogP contribution in [0.4, 0.5) is 11.4 Å². The molecule has 1 aromatic carbocycles. The topological polar surface area (TPSA) is 102 Å². The van der Waals surface area contributed by atoms with Crippen LogP contribution < -0.4 is 4.90 Å². The Kier molecular flexibility index (Phi) is 5.95. The smallest absolute Gasteiger partial charge is 0.270 e. The third-order valence-corrected chi connectivity index (χ3v) is 6.78. The molecule has 2 aliphatic rings. The number of benzene rings is 1. The second-order valence-corrected chi connectivity index (χ2v) is 9.56. The lowest BCUT2D eigenvalue weighted by Gasteiger charge is -2.39. The zero-order valence-corrected chi connectivity index (χ0v) is 17.4. The number of hydrogen-bond acceptors (Lipinski definition) is 7. The van der Waals surface area contributed by atoms with Gasteiger partial charge in [-0.15, -0.1) is 0 Å². The quantitative estimate of drug-likeness (QED) is 0.549. The molecule has 0 aliphatic carbocycles. The molecule has 4 atom stereocenters. The van der Waals surface area contributed by atoms with Crippen molar-refractivity contribution in [3.8, 4) is 0 Å². The molecule has 1 aromatic rings. The summed E-state index contributed by atoms with van der Waals surface area (Å²) in [5, 5.41) is 11.3. The molecule has 0 spiro atoms. The van der Waals surface area contributed by atoms with Gasteiger partial charge in [-0.05, 0) is 33.8 Å². The van der Waals surface area contributed by atoms with Crippen LogP contribution in [0, 0.1) is 10.1 Å². The second kappa shape index (κ2) is 7.94. The maximum Gasteiger partial charge on any atom is 0.270 e. The van der Waals surface area contributed by atoms with E-state index in [1.807, 2.05) is 32.6 Å². The summed E-state index contributed by atoms with van der Waals surface area (Å²) in [7, 11) is -3.93. The number of anilines is 1. The van der Waals surface area contributed by atoms with Gasteiger partial charge in [0.25, 0.3) is 5.69 Å². The van der Waals surface area contributed by atoms with Gasteiger partial charge in [0.15, 0.2) is 0 Å². The van der Waals surface area contributed by atoms with Crippen LogP contribution in [0.5, 0.6) is 0 Å². The van der Waals surface area contributed by atoms with Crippen molar-refractivity contribution in [3.63, 3.8) is 0 Å². The number of nitro benzene ring substituents is 1. The molecule has 2 fully saturated rings. The third kappa shape index (κ3) is 4.29. The van der Waals surface area contributed by atoms with E-state index in [1.165, 1.54) is 22.5 Å². The first-order chi connectivity index (χ1) is 13.1. The fourth-order valence-corrected chi connectivity index (χ4v) is 5.75. The van der Waals surface area contributed by atoms with Crippen LogP contribution in [0.25, 0.3) is 0 Å². The number of nitrogens with zero attached hydrogens (tertiary/aromatic N) is 3. The minimum absolute atomic E-state index is 0.0377. The average Bonchev–Trinajstić information content (AvgIpc) is 2.59. The second-order valence-electron chi connectivity index (χ2n) is 7.65. The molecule has 0 amide bonds. The van der Waals surface area contributed by atoms with Crippen molar-refractivity contribution in [2.24, 2.45) is 0 Å². The van der Waals surface area contributed by atoms with E-state index in [0.29, 0.717) is 18.8 Å². The fourth-order valence-electron chi connectivity index (χ4n) is 3.92. The maximum atomic E-state index is 13.5. The average molecular weight is 413 g/mol. The van der Waals surface area contributed by atoms with E-state index in [0.717, 1.165) is 0 Å². The minimum atomic E-state index is -3.93. The van der Waals surface area contributed by atoms with Gasteiger partial charge in [0.2, 0.25) is 10.0 Å². The van der Waals surface area contributed by atoms with E-state index in [-0.39, 0.29) is 48.1 Å². The SMILES string of the molecule is C[C@@H]1CN(c2ccc([N+](=O)[O-])cc2S(=O)(=O)N2C[C@@H](C)O[C@@H](C)C2)C[C@@H](C)O1. The Morgan fingerprint density at radius 1 is 0.964 bits per heavy atom. The lowest BCUT2D eigenvalue weighted by atomic mass is 10.2. The summed E-state index contributed by atoms with van der Waals surface area (Å²) in [5.74, 6) is 0. The monoisotopic (exact) mass is 413 g/mol. The van der Waals surface area contributed by atoms with E-state index in [4.69, 9.17) is 9.47 Å². The zero-order chi connectivity index (χ0) is 20.6. The van der Waals surface area contributed by atoms with Gasteiger partial charge in [-0.3, -0.25) is 10.1 Å². The predicted molar refractivity (Wildman–Crippen MR) is 104 cm³/mol. The van der Waals surface area contributed by atoms with Crippen LogP contribution >= 0.6 is 0 Å². The van der Waals surface area contributed by atoms with Crippen LogP contribution in [-0.2, 0) is 19.5 Å². The Balaban J connectivity index is 2.06. The molecule has 0 radical (unpaired) electrons. The highest BCUT2D eigenvalue weighted by atomic mass is 32.2. The number of ether oxygens (including phenoxy) is 2. The Morgan fingerprint density at radius 2 is 1.46 bits per heavy atom. The first-order valence-corrected chi connectivity index (χ1v) is 10.9. The Morgan fingerprint density at radius 3 is 1.96 bits per heavy atom. The molecular weight excluding hydrogens is 386 g/mol. The Bertz CT molecular complexity index is 826. The summed E-state index contributed by atoms with van der Waals surface area (Å²) in [4.78, 5) is 12.6. The fraction of sp³-hybridized carbons (Fsp3) is 0.667. The van der Waals surface area contributed by atoms with Crippen LogP contribution in [0.1, 0.15) is 27.7 Å². The normalized spacial score (nSPS) is 29.6. The number of non-ortho nitro benzene ring substituents is 1. The van der Waals surface area contributed by atoms with E-state index >= 15 is 0 Å². The first-order valence-electron chi connectivity index (χ1n) is 9.42. The lowest BCUT2D eigenvalue weighted by Crippen LogP contribution is -2.49. The van der Waals surface area contributed by atoms with Crippen LogP contribution in [0.2, 0.25) is 0 Å². The van der Waals surface area contributed by atoms with Gasteiger partial charge in [0.05, 0.1) is 35.0 Å². The van der Waals surface area contributed by atoms with E-state index in [1.54, 1.807) is 0 Å². The molecular formula is C18H27N3O6S. The van der Waals surface area contributed by atoms with Crippen molar-refractivity contribution in [1.29, 1.82) is 0 Å². The largest absolute Gasteiger partial charge is 0.373 e. The molecule has 0 saturated carbocycles. The lowest BCUT2D eigenvalue weighted by molar-refractivity contribution is -0.385. The predicted octanol–water partition coefficient (Wildman–Crippen LogP) is 2.01. The van der Waals surface area contributed by atoms with Crippen LogP contribution in [-0.4, -0.2) is 68.2 Å². The van der Waals surface area contributed by atoms with Crippen molar-refractivity contribution in [3.05, 3.63) is 28.3 Å². The summed E-state index contributed by atoms with van der Waals surface area (Å²) in [6, 6.07) is 4.05. The van der Waals surface area contributed by atoms with Gasteiger partial charge in [0.1, 0.15) is 4.90 Å². The highest BCUT2D eigenvalue weighted by Crippen LogP contribution is 2.34. The molecule has 0 bridgehead atoms. The van der Waals surface area contributed by atoms with Crippen molar-refractivity contribution in [2.45, 2.75) is 57.0 Å². The summed E-state index contributed by atoms with van der Waals surface area (Å²) < 4.78 is 39.7. The van der Waals surface area contributed by atoms with Crippen LogP contribution in [0.3, 0.4) is 0 Å². The summed E-state index contributed by atoms with van der Waals surface area (Å²) in [5.41, 5.74) is 0.227. The van der Waals surface area contributed by atoms with Crippen molar-refractivity contribution < 1.29 is 22.8 Å². The van der Waals surface area contributed by atoms with Crippen molar-refractivity contribution >= 4 is 21.4 Å². The van der Waals surface area contributed by atoms with Gasteiger partial charge in [-0.25, -0.2) is 8.42 Å². The molecule has 2 saturated heterocycles. The number of nitro groups is 1. The summed E-state index contributed by atoms with van der Waals surface area (Å²) >= 11 is 0. The van der Waals surface area contributed by atoms with Crippen LogP contribution in [0.15, 0.2) is 23.1 Å². The number of hydrogen-bond donors (Lipinski definition) is 0. The summed E-state index contributed by atoms with van der Waals surface area (Å²) in [6.07, 6.45) is -0.635. The summed E-state index contributed by atoms with van der Waals surface area (Å²) in [6.45, 7) is 8.94. The van der Waals surface area contributed by atoms with Gasteiger partial charge in [-0.2, -0.15) is 4.31 Å². The molecule has 9 nitrogen and oxygen atoms in total. The third-order valence-electron chi connectivity index (χ3n) is 4.92. The molecule has 0 N–H and O–H groups in total. The first kappa shape index (κ1) is 21.0. The maximum absolute atomic E-state index is 13.5. The molecule has 28 heavy (non-hydrogen) atoms. The van der Waals surface area contributed by atoms with E-state index < -0.39 is 14.9 Å². The number of morpholine rings is 2. The molecule has 10 heteroatoms. The molecule has 2 heterocycles. The number of sulfonamides is 1. The molecule has 156 valence electrons. The van der Waals surface area contributed by atoms with E-state index in [9.17, 15) is 18.5 Å². The van der Waals surface area contributed by atoms with Gasteiger partial charge in [0, 0.05) is 38.3 Å². The van der Waals surface area contributed by atoms with Gasteiger partial charge < -0.3 is 14.4 Å². The molecule has 3 rings (SSSR count). The van der Waals surface area contributed by atoms with Crippen molar-refractivity contribution in [1.82, 2.24) is 4.31 Å². The molecule has 0 unspecified atom stereocenters. The molecule has 2 aliphatic heterocycles. The minimum Gasteiger partial charge on any atom is -0.373 e. The molecule has 0 aromatic heterocycles. The highest BCUT2D eigenvalue weighted by Gasteiger charge is 2.36. The van der Waals surface area contributed by atoms with Gasteiger partial charge in [-0.1, -0.05) is 0 Å². The van der Waals surface area contributed by atoms with Gasteiger partial charge >= 0.3 is 0 Å². The Hall–Kier alpha value is -1.75. The number of rotatable bonds is 4. The van der Waals surface area contributed by atoms with Crippen molar-refractivity contribution in [2.75, 3.05) is 31.1 Å². The van der Waals surface area contributed by atoms with E-state index in [2.05, 4.69) is 0 Å². The highest BCUT2D eigenvalue weighted by molar-refractivity contribution is 7.89.